The van der Waals surface area contributed by atoms with Gasteiger partial charge in [0.2, 0.25) is 5.91 Å². The van der Waals surface area contributed by atoms with Crippen LogP contribution in [0.4, 0.5) is 0 Å². The van der Waals surface area contributed by atoms with E-state index in [-0.39, 0.29) is 5.91 Å². The molecule has 0 spiro atoms. The van der Waals surface area contributed by atoms with Crippen LogP contribution in [0.25, 0.3) is 5.65 Å². The highest BCUT2D eigenvalue weighted by Gasteiger charge is 2.06. The molecule has 1 aromatic carbocycles. The molecule has 2 heterocycles. The molecule has 2 aromatic heterocycles. The smallest absolute Gasteiger partial charge is 0.220 e. The molecule has 0 aliphatic rings. The number of hydrogen-bond acceptors (Lipinski definition) is 4. The quantitative estimate of drug-likeness (QED) is 0.645. The van der Waals surface area contributed by atoms with Crippen molar-refractivity contribution < 1.29 is 9.53 Å². The zero-order valence-electron chi connectivity index (χ0n) is 13.4. The van der Waals surface area contributed by atoms with E-state index in [1.165, 1.54) is 0 Å². The highest BCUT2D eigenvalue weighted by molar-refractivity contribution is 5.75. The lowest BCUT2D eigenvalue weighted by Gasteiger charge is -2.06. The Morgan fingerprint density at radius 2 is 1.92 bits per heavy atom. The minimum absolute atomic E-state index is 0.0282. The Morgan fingerprint density at radius 1 is 1.08 bits per heavy atom. The topological polar surface area (TPSA) is 68.5 Å². The fourth-order valence-electron chi connectivity index (χ4n) is 2.40. The van der Waals surface area contributed by atoms with E-state index in [1.54, 1.807) is 0 Å². The molecule has 0 bridgehead atoms. The number of pyridine rings is 1. The second-order valence-corrected chi connectivity index (χ2v) is 5.41. The van der Waals surface area contributed by atoms with Crippen LogP contribution >= 0.6 is 0 Å². The van der Waals surface area contributed by atoms with Crippen molar-refractivity contribution in [3.05, 3.63) is 60.6 Å². The molecule has 0 aliphatic heterocycles. The number of hydrogen-bond donors (Lipinski definition) is 1. The lowest BCUT2D eigenvalue weighted by Crippen LogP contribution is -2.26. The summed E-state index contributed by atoms with van der Waals surface area (Å²) in [6.45, 7) is 1.08. The first kappa shape index (κ1) is 16.0. The third-order valence-corrected chi connectivity index (χ3v) is 3.62. The number of rotatable bonds is 8. The van der Waals surface area contributed by atoms with Crippen LogP contribution in [0.5, 0.6) is 5.75 Å². The number of benzene rings is 1. The van der Waals surface area contributed by atoms with Crippen molar-refractivity contribution in [1.82, 2.24) is 19.9 Å². The normalized spacial score (nSPS) is 10.7. The Kier molecular flexibility index (Phi) is 5.40. The van der Waals surface area contributed by atoms with E-state index in [2.05, 4.69) is 15.5 Å². The van der Waals surface area contributed by atoms with E-state index >= 15 is 0 Å². The summed E-state index contributed by atoms with van der Waals surface area (Å²) in [5.41, 5.74) is 0.817. The molecule has 24 heavy (non-hydrogen) atoms. The van der Waals surface area contributed by atoms with Gasteiger partial charge >= 0.3 is 0 Å². The van der Waals surface area contributed by atoms with Crippen LogP contribution in [0.2, 0.25) is 0 Å². The largest absolute Gasteiger partial charge is 0.494 e. The van der Waals surface area contributed by atoms with Crippen molar-refractivity contribution >= 4 is 11.6 Å². The number of ether oxygens (including phenoxy) is 1. The zero-order chi connectivity index (χ0) is 16.6. The molecule has 6 nitrogen and oxygen atoms in total. The maximum Gasteiger partial charge on any atom is 0.220 e. The number of para-hydroxylation sites is 1. The van der Waals surface area contributed by atoms with Crippen LogP contribution in [0, 0.1) is 0 Å². The van der Waals surface area contributed by atoms with Gasteiger partial charge in [0.1, 0.15) is 11.6 Å². The Hall–Kier alpha value is -2.89. The molecule has 3 aromatic rings. The maximum absolute atomic E-state index is 11.8. The van der Waals surface area contributed by atoms with Gasteiger partial charge in [0, 0.05) is 25.6 Å². The fourth-order valence-corrected chi connectivity index (χ4v) is 2.40. The summed E-state index contributed by atoms with van der Waals surface area (Å²) in [5.74, 6) is 1.70. The highest BCUT2D eigenvalue weighted by atomic mass is 16.5. The summed E-state index contributed by atoms with van der Waals surface area (Å²) in [4.78, 5) is 11.8. The first-order valence-electron chi connectivity index (χ1n) is 8.06. The SMILES string of the molecule is O=C(CCCOc1ccccc1)NCCc1nnc2ccccn12. The summed E-state index contributed by atoms with van der Waals surface area (Å²) < 4.78 is 7.50. The van der Waals surface area contributed by atoms with Crippen LogP contribution in [0.1, 0.15) is 18.7 Å². The van der Waals surface area contributed by atoms with Gasteiger partial charge in [-0.15, -0.1) is 10.2 Å². The highest BCUT2D eigenvalue weighted by Crippen LogP contribution is 2.08. The van der Waals surface area contributed by atoms with Crippen LogP contribution in [0.3, 0.4) is 0 Å². The van der Waals surface area contributed by atoms with Crippen molar-refractivity contribution in [3.8, 4) is 5.75 Å². The summed E-state index contributed by atoms with van der Waals surface area (Å²) >= 11 is 0. The Morgan fingerprint density at radius 3 is 2.79 bits per heavy atom. The van der Waals surface area contributed by atoms with Gasteiger partial charge < -0.3 is 10.1 Å². The predicted molar refractivity (Wildman–Crippen MR) is 90.9 cm³/mol. The molecule has 3 rings (SSSR count). The average Bonchev–Trinajstić information content (AvgIpc) is 3.03. The lowest BCUT2D eigenvalue weighted by atomic mass is 10.3. The van der Waals surface area contributed by atoms with Gasteiger partial charge in [0.25, 0.3) is 0 Å². The van der Waals surface area contributed by atoms with E-state index < -0.39 is 0 Å². The second kappa shape index (κ2) is 8.10. The van der Waals surface area contributed by atoms with Gasteiger partial charge in [-0.05, 0) is 30.7 Å². The average molecular weight is 324 g/mol. The first-order valence-corrected chi connectivity index (χ1v) is 8.06. The van der Waals surface area contributed by atoms with Crippen molar-refractivity contribution in [1.29, 1.82) is 0 Å². The number of nitrogens with zero attached hydrogens (tertiary/aromatic N) is 3. The number of carbonyl (C=O) groups is 1. The summed E-state index contributed by atoms with van der Waals surface area (Å²) in [5, 5.41) is 11.1. The van der Waals surface area contributed by atoms with Gasteiger partial charge in [-0.25, -0.2) is 0 Å². The van der Waals surface area contributed by atoms with Gasteiger partial charge in [-0.2, -0.15) is 0 Å². The van der Waals surface area contributed by atoms with Gasteiger partial charge in [-0.3, -0.25) is 9.20 Å². The molecule has 1 amide bonds. The number of aromatic nitrogens is 3. The van der Waals surface area contributed by atoms with E-state index in [0.29, 0.717) is 32.4 Å². The molecule has 0 radical (unpaired) electrons. The Labute approximate surface area is 140 Å². The molecule has 124 valence electrons. The van der Waals surface area contributed by atoms with Crippen LogP contribution in [0.15, 0.2) is 54.7 Å². The second-order valence-electron chi connectivity index (χ2n) is 5.41. The van der Waals surface area contributed by atoms with E-state index in [9.17, 15) is 4.79 Å². The van der Waals surface area contributed by atoms with Crippen LogP contribution < -0.4 is 10.1 Å². The fraction of sp³-hybridized carbons (Fsp3) is 0.278. The number of fused-ring (bicyclic) bond motifs is 1. The Bertz CT molecular complexity index is 786. The minimum Gasteiger partial charge on any atom is -0.494 e. The molecule has 0 saturated heterocycles. The van der Waals surface area contributed by atoms with Gasteiger partial charge in [0.15, 0.2) is 5.65 Å². The molecule has 0 saturated carbocycles. The van der Waals surface area contributed by atoms with Gasteiger partial charge in [-0.1, -0.05) is 24.3 Å². The predicted octanol–water partition coefficient (Wildman–Crippen LogP) is 2.25. The lowest BCUT2D eigenvalue weighted by molar-refractivity contribution is -0.121. The molecular weight excluding hydrogens is 304 g/mol. The van der Waals surface area contributed by atoms with Crippen LogP contribution in [-0.4, -0.2) is 33.7 Å². The third kappa shape index (κ3) is 4.32. The summed E-state index contributed by atoms with van der Waals surface area (Å²) in [6, 6.07) is 15.4. The molecule has 0 atom stereocenters. The number of nitrogens with one attached hydrogen (secondary N) is 1. The van der Waals surface area contributed by atoms with Crippen molar-refractivity contribution in [2.75, 3.05) is 13.2 Å². The third-order valence-electron chi connectivity index (χ3n) is 3.62. The minimum atomic E-state index is 0.0282. The van der Waals surface area contributed by atoms with Crippen molar-refractivity contribution in [3.63, 3.8) is 0 Å². The molecular formula is C18H20N4O2. The summed E-state index contributed by atoms with van der Waals surface area (Å²) in [6.07, 6.45) is 3.72. The summed E-state index contributed by atoms with van der Waals surface area (Å²) in [7, 11) is 0. The zero-order valence-corrected chi connectivity index (χ0v) is 13.4. The Balaban J connectivity index is 1.34. The van der Waals surface area contributed by atoms with Crippen molar-refractivity contribution in [2.24, 2.45) is 0 Å². The molecule has 6 heteroatoms. The van der Waals surface area contributed by atoms with Gasteiger partial charge in [0.05, 0.1) is 6.61 Å². The molecule has 1 N–H and O–H groups in total. The van der Waals surface area contributed by atoms with E-state index in [0.717, 1.165) is 17.2 Å². The van der Waals surface area contributed by atoms with Crippen molar-refractivity contribution in [2.45, 2.75) is 19.3 Å². The molecule has 0 unspecified atom stereocenters. The molecule has 0 aliphatic carbocycles. The standard InChI is InChI=1S/C18H20N4O2/c23-18(10-6-14-24-15-7-2-1-3-8-15)19-12-11-17-21-20-16-9-4-5-13-22(16)17/h1-5,7-9,13H,6,10-12,14H2,(H,19,23). The van der Waals surface area contributed by atoms with E-state index in [4.69, 9.17) is 4.74 Å². The monoisotopic (exact) mass is 324 g/mol. The van der Waals surface area contributed by atoms with Crippen LogP contribution in [-0.2, 0) is 11.2 Å². The molecule has 0 fully saturated rings. The van der Waals surface area contributed by atoms with E-state index in [1.807, 2.05) is 59.1 Å². The maximum atomic E-state index is 11.8. The number of amides is 1. The number of carbonyl (C=O) groups excluding carboxylic acids is 1. The first-order chi connectivity index (χ1) is 11.8.